The van der Waals surface area contributed by atoms with E-state index < -0.39 is 18.4 Å². The Morgan fingerprint density at radius 2 is 1.82 bits per heavy atom. The highest BCUT2D eigenvalue weighted by atomic mass is 19.4. The third-order valence-corrected chi connectivity index (χ3v) is 3.26. The molecule has 1 aliphatic rings. The second-order valence-corrected chi connectivity index (χ2v) is 4.69. The summed E-state index contributed by atoms with van der Waals surface area (Å²) in [5, 5.41) is 0. The lowest BCUT2D eigenvalue weighted by Gasteiger charge is -2.32. The number of hydrogen-bond donors (Lipinski definition) is 0. The molecule has 0 N–H and O–H groups in total. The van der Waals surface area contributed by atoms with E-state index in [0.717, 1.165) is 0 Å². The summed E-state index contributed by atoms with van der Waals surface area (Å²) in [6.07, 6.45) is -4.74. The van der Waals surface area contributed by atoms with Gasteiger partial charge in [-0.05, 0) is 17.7 Å². The maximum absolute atomic E-state index is 12.2. The first-order chi connectivity index (χ1) is 10.4. The predicted molar refractivity (Wildman–Crippen MR) is 70.3 cm³/mol. The fourth-order valence-electron chi connectivity index (χ4n) is 2.30. The number of carbonyl (C=O) groups is 1. The van der Waals surface area contributed by atoms with Gasteiger partial charge in [-0.1, -0.05) is 12.1 Å². The van der Waals surface area contributed by atoms with Crippen LogP contribution in [0.15, 0.2) is 24.3 Å². The fraction of sp³-hybridized carbons (Fsp3) is 0.500. The monoisotopic (exact) mass is 319 g/mol. The Morgan fingerprint density at radius 3 is 2.32 bits per heavy atom. The highest BCUT2D eigenvalue weighted by Gasteiger charge is 2.32. The van der Waals surface area contributed by atoms with E-state index in [9.17, 15) is 18.0 Å². The Hall–Kier alpha value is -1.80. The van der Waals surface area contributed by atoms with Crippen molar-refractivity contribution in [2.45, 2.75) is 12.4 Å². The summed E-state index contributed by atoms with van der Waals surface area (Å²) in [4.78, 5) is 13.9. The van der Waals surface area contributed by atoms with Gasteiger partial charge in [-0.2, -0.15) is 0 Å². The summed E-state index contributed by atoms with van der Waals surface area (Å²) in [5.41, 5.74) is 0.545. The second kappa shape index (κ2) is 6.97. The van der Waals surface area contributed by atoms with Gasteiger partial charge >= 0.3 is 12.3 Å². The molecule has 8 heteroatoms. The average molecular weight is 319 g/mol. The van der Waals surface area contributed by atoms with Crippen LogP contribution < -0.4 is 4.74 Å². The lowest BCUT2D eigenvalue weighted by Crippen LogP contribution is -2.42. The van der Waals surface area contributed by atoms with Crippen LogP contribution in [-0.4, -0.2) is 50.6 Å². The number of nitrogens with zero attached hydrogens (tertiary/aromatic N) is 1. The molecule has 1 saturated heterocycles. The zero-order chi connectivity index (χ0) is 16.2. The number of morpholine rings is 1. The van der Waals surface area contributed by atoms with Gasteiger partial charge in [0.05, 0.1) is 20.3 Å². The molecule has 5 nitrogen and oxygen atoms in total. The molecular formula is C14H16F3NO4. The van der Waals surface area contributed by atoms with Crippen molar-refractivity contribution in [3.05, 3.63) is 29.8 Å². The zero-order valence-corrected chi connectivity index (χ0v) is 11.9. The summed E-state index contributed by atoms with van der Waals surface area (Å²) in [6.45, 7) is 2.06. The SMILES string of the molecule is COC(=O)C(c1ccc(OC(F)(F)F)cc1)N1CCOCC1. The number of halogens is 3. The summed E-state index contributed by atoms with van der Waals surface area (Å²) < 4.78 is 50.3. The Labute approximate surface area is 125 Å². The third kappa shape index (κ3) is 4.35. The smallest absolute Gasteiger partial charge is 0.468 e. The van der Waals surface area contributed by atoms with Crippen LogP contribution in [0.3, 0.4) is 0 Å². The van der Waals surface area contributed by atoms with Gasteiger partial charge in [-0.25, -0.2) is 4.79 Å². The summed E-state index contributed by atoms with van der Waals surface area (Å²) in [6, 6.07) is 4.54. The number of alkyl halides is 3. The van der Waals surface area contributed by atoms with Crippen molar-refractivity contribution < 1.29 is 32.2 Å². The minimum absolute atomic E-state index is 0.332. The van der Waals surface area contributed by atoms with Crippen LogP contribution in [0.4, 0.5) is 13.2 Å². The minimum Gasteiger partial charge on any atom is -0.468 e. The molecular weight excluding hydrogens is 303 g/mol. The Bertz CT molecular complexity index is 498. The maximum atomic E-state index is 12.2. The third-order valence-electron chi connectivity index (χ3n) is 3.26. The number of benzene rings is 1. The molecule has 22 heavy (non-hydrogen) atoms. The Balaban J connectivity index is 2.18. The lowest BCUT2D eigenvalue weighted by molar-refractivity contribution is -0.274. The van der Waals surface area contributed by atoms with Crippen LogP contribution in [0.25, 0.3) is 0 Å². The summed E-state index contributed by atoms with van der Waals surface area (Å²) >= 11 is 0. The van der Waals surface area contributed by atoms with Gasteiger partial charge in [-0.15, -0.1) is 13.2 Å². The van der Waals surface area contributed by atoms with E-state index in [1.54, 1.807) is 0 Å². The molecule has 1 aromatic carbocycles. The number of methoxy groups -OCH3 is 1. The predicted octanol–water partition coefficient (Wildman–Crippen LogP) is 2.13. The van der Waals surface area contributed by atoms with E-state index in [1.807, 2.05) is 4.90 Å². The zero-order valence-electron chi connectivity index (χ0n) is 11.9. The molecule has 122 valence electrons. The molecule has 0 aliphatic carbocycles. The number of carbonyl (C=O) groups excluding carboxylic acids is 1. The van der Waals surface area contributed by atoms with Crippen molar-refractivity contribution in [2.24, 2.45) is 0 Å². The Kier molecular flexibility index (Phi) is 5.25. The molecule has 0 bridgehead atoms. The van der Waals surface area contributed by atoms with Gasteiger partial charge in [0.15, 0.2) is 0 Å². The molecule has 2 rings (SSSR count). The first-order valence-corrected chi connectivity index (χ1v) is 6.66. The normalized spacial score (nSPS) is 17.8. The molecule has 1 atom stereocenters. The topological polar surface area (TPSA) is 48.0 Å². The van der Waals surface area contributed by atoms with Crippen LogP contribution >= 0.6 is 0 Å². The van der Waals surface area contributed by atoms with Gasteiger partial charge in [0.25, 0.3) is 0 Å². The largest absolute Gasteiger partial charge is 0.573 e. The number of rotatable bonds is 4. The molecule has 0 radical (unpaired) electrons. The van der Waals surface area contributed by atoms with Crippen molar-refractivity contribution in [1.82, 2.24) is 4.90 Å². The maximum Gasteiger partial charge on any atom is 0.573 e. The van der Waals surface area contributed by atoms with Crippen LogP contribution in [0.2, 0.25) is 0 Å². The van der Waals surface area contributed by atoms with E-state index in [2.05, 4.69) is 4.74 Å². The highest BCUT2D eigenvalue weighted by Crippen LogP contribution is 2.27. The molecule has 1 unspecified atom stereocenters. The molecule has 1 aliphatic heterocycles. The molecule has 1 aromatic rings. The molecule has 0 aromatic heterocycles. The van der Waals surface area contributed by atoms with Crippen molar-refractivity contribution in [3.8, 4) is 5.75 Å². The first-order valence-electron chi connectivity index (χ1n) is 6.66. The van der Waals surface area contributed by atoms with Crippen LogP contribution in [0.1, 0.15) is 11.6 Å². The van der Waals surface area contributed by atoms with E-state index in [4.69, 9.17) is 9.47 Å². The summed E-state index contributed by atoms with van der Waals surface area (Å²) in [7, 11) is 1.27. The van der Waals surface area contributed by atoms with Gasteiger partial charge < -0.3 is 14.2 Å². The number of esters is 1. The number of hydrogen-bond acceptors (Lipinski definition) is 5. The first kappa shape index (κ1) is 16.6. The Morgan fingerprint density at radius 1 is 1.23 bits per heavy atom. The van der Waals surface area contributed by atoms with Crippen molar-refractivity contribution in [3.63, 3.8) is 0 Å². The van der Waals surface area contributed by atoms with Crippen molar-refractivity contribution >= 4 is 5.97 Å². The van der Waals surface area contributed by atoms with Crippen LogP contribution in [-0.2, 0) is 14.3 Å². The van der Waals surface area contributed by atoms with E-state index in [1.165, 1.54) is 31.4 Å². The van der Waals surface area contributed by atoms with E-state index in [-0.39, 0.29) is 5.75 Å². The summed E-state index contributed by atoms with van der Waals surface area (Å²) in [5.74, 6) is -0.798. The molecule has 1 fully saturated rings. The lowest BCUT2D eigenvalue weighted by atomic mass is 10.0. The molecule has 0 saturated carbocycles. The van der Waals surface area contributed by atoms with Gasteiger partial charge in [0, 0.05) is 13.1 Å². The minimum atomic E-state index is -4.74. The highest BCUT2D eigenvalue weighted by molar-refractivity contribution is 5.77. The second-order valence-electron chi connectivity index (χ2n) is 4.69. The van der Waals surface area contributed by atoms with Crippen LogP contribution in [0, 0.1) is 0 Å². The fourth-order valence-corrected chi connectivity index (χ4v) is 2.30. The van der Waals surface area contributed by atoms with Gasteiger partial charge in [0.2, 0.25) is 0 Å². The van der Waals surface area contributed by atoms with E-state index in [0.29, 0.717) is 31.9 Å². The van der Waals surface area contributed by atoms with Crippen molar-refractivity contribution in [2.75, 3.05) is 33.4 Å². The molecule has 1 heterocycles. The van der Waals surface area contributed by atoms with Crippen LogP contribution in [0.5, 0.6) is 5.75 Å². The number of ether oxygens (including phenoxy) is 3. The molecule has 0 amide bonds. The van der Waals surface area contributed by atoms with Gasteiger partial charge in [0.1, 0.15) is 11.8 Å². The van der Waals surface area contributed by atoms with E-state index >= 15 is 0 Å². The standard InChI is InChI=1S/C14H16F3NO4/c1-20-13(19)12(18-6-8-21-9-7-18)10-2-4-11(5-3-10)22-14(15,16)17/h2-5,12H,6-9H2,1H3. The van der Waals surface area contributed by atoms with Crippen molar-refractivity contribution in [1.29, 1.82) is 0 Å². The quantitative estimate of drug-likeness (QED) is 0.796. The molecule has 0 spiro atoms. The van der Waals surface area contributed by atoms with Gasteiger partial charge in [-0.3, -0.25) is 4.90 Å². The average Bonchev–Trinajstić information content (AvgIpc) is 2.48.